The lowest BCUT2D eigenvalue weighted by atomic mass is 9.92. The van der Waals surface area contributed by atoms with E-state index in [4.69, 9.17) is 0 Å². The van der Waals surface area contributed by atoms with Gasteiger partial charge in [0.15, 0.2) is 0 Å². The van der Waals surface area contributed by atoms with Crippen molar-refractivity contribution >= 4 is 45.5 Å². The van der Waals surface area contributed by atoms with Crippen LogP contribution in [0.4, 0.5) is 22.7 Å². The number of rotatable bonds is 4. The monoisotopic (exact) mass is 559 g/mol. The van der Waals surface area contributed by atoms with Crippen molar-refractivity contribution in [1.82, 2.24) is 14.8 Å². The van der Waals surface area contributed by atoms with Crippen molar-refractivity contribution in [2.45, 2.75) is 52.2 Å². The Morgan fingerprint density at radius 3 is 2.00 bits per heavy atom. The van der Waals surface area contributed by atoms with E-state index in [-0.39, 0.29) is 23.9 Å². The lowest BCUT2D eigenvalue weighted by Crippen LogP contribution is -2.19. The number of aryl methyl sites for hydroxylation is 1. The van der Waals surface area contributed by atoms with Crippen molar-refractivity contribution in [3.63, 3.8) is 0 Å². The molecule has 212 valence electrons. The number of H-pyrrole nitrogens is 1. The van der Waals surface area contributed by atoms with Gasteiger partial charge >= 0.3 is 0 Å². The molecule has 4 heterocycles. The van der Waals surface area contributed by atoms with Crippen molar-refractivity contribution in [1.29, 1.82) is 0 Å². The van der Waals surface area contributed by atoms with E-state index in [1.165, 1.54) is 0 Å². The summed E-state index contributed by atoms with van der Waals surface area (Å²) in [5.41, 5.74) is 10.0. The fourth-order valence-electron chi connectivity index (χ4n) is 6.03. The summed E-state index contributed by atoms with van der Waals surface area (Å²) < 4.78 is 1.90. The molecule has 0 unspecified atom stereocenters. The second-order valence-corrected chi connectivity index (χ2v) is 11.4. The maximum absolute atomic E-state index is 12.8. The van der Waals surface area contributed by atoms with Crippen molar-refractivity contribution in [3.8, 4) is 33.4 Å². The van der Waals surface area contributed by atoms with Gasteiger partial charge in [-0.2, -0.15) is 5.10 Å². The lowest BCUT2D eigenvalue weighted by molar-refractivity contribution is -0.117. The number of nitrogens with zero attached hydrogens (tertiary/aromatic N) is 2. The van der Waals surface area contributed by atoms with Crippen molar-refractivity contribution < 1.29 is 9.59 Å². The third kappa shape index (κ3) is 4.66. The molecule has 0 aliphatic carbocycles. The number of benzene rings is 3. The molecule has 9 nitrogen and oxygen atoms in total. The fraction of sp³-hybridized carbons (Fsp3) is 0.242. The Bertz CT molecular complexity index is 1870. The summed E-state index contributed by atoms with van der Waals surface area (Å²) in [7, 11) is 0. The fourth-order valence-corrected chi connectivity index (χ4v) is 6.03. The number of carbonyl (C=O) groups is 2. The van der Waals surface area contributed by atoms with E-state index in [9.17, 15) is 9.59 Å². The van der Waals surface area contributed by atoms with Crippen molar-refractivity contribution in [3.05, 3.63) is 67.1 Å². The maximum atomic E-state index is 12.8. The zero-order chi connectivity index (χ0) is 29.0. The van der Waals surface area contributed by atoms with Gasteiger partial charge in [-0.05, 0) is 79.2 Å². The van der Waals surface area contributed by atoms with E-state index in [2.05, 4.69) is 74.7 Å². The average molecular weight is 560 g/mol. The molecule has 2 aliphatic heterocycles. The minimum Gasteiger partial charge on any atom is -0.380 e. The van der Waals surface area contributed by atoms with Crippen LogP contribution in [0.5, 0.6) is 0 Å². The Morgan fingerprint density at radius 2 is 1.40 bits per heavy atom. The average Bonchev–Trinajstić information content (AvgIpc) is 3.57. The highest BCUT2D eigenvalue weighted by atomic mass is 16.2. The summed E-state index contributed by atoms with van der Waals surface area (Å²) in [6.45, 7) is 6.84. The van der Waals surface area contributed by atoms with Gasteiger partial charge in [0, 0.05) is 66.1 Å². The zero-order valence-electron chi connectivity index (χ0n) is 23.8. The Balaban J connectivity index is 1.46. The number of aromatic nitrogens is 3. The molecule has 2 aliphatic rings. The predicted molar refractivity (Wildman–Crippen MR) is 169 cm³/mol. The van der Waals surface area contributed by atoms with Crippen LogP contribution in [0.3, 0.4) is 0 Å². The molecular formula is C33H33N7O2. The minimum absolute atomic E-state index is 0.0254. The van der Waals surface area contributed by atoms with E-state index in [0.29, 0.717) is 12.8 Å². The van der Waals surface area contributed by atoms with Crippen LogP contribution in [0.2, 0.25) is 0 Å². The van der Waals surface area contributed by atoms with E-state index >= 15 is 0 Å². The SMILES string of the molecule is CCn1cc(-c2cc(-c3cc4c(c(-c5ccc6cc[nH]c6c5)c3)N[C@H](C)CC(=O)N4)cc3c2N[C@H](C)CC(=O)N3)cn1. The van der Waals surface area contributed by atoms with Crippen LogP contribution >= 0.6 is 0 Å². The van der Waals surface area contributed by atoms with Crippen LogP contribution in [-0.2, 0) is 16.1 Å². The minimum atomic E-state index is -0.0339. The Hall–Kier alpha value is -5.05. The second-order valence-electron chi connectivity index (χ2n) is 11.4. The van der Waals surface area contributed by atoms with E-state index in [0.717, 1.165) is 73.6 Å². The Morgan fingerprint density at radius 1 is 0.786 bits per heavy atom. The highest BCUT2D eigenvalue weighted by molar-refractivity contribution is 6.05. The van der Waals surface area contributed by atoms with Crippen LogP contribution in [-0.4, -0.2) is 38.7 Å². The van der Waals surface area contributed by atoms with Gasteiger partial charge in [-0.3, -0.25) is 14.3 Å². The number of aromatic amines is 1. The Labute approximate surface area is 243 Å². The number of hydrogen-bond acceptors (Lipinski definition) is 5. The number of amides is 2. The number of anilines is 4. The first-order chi connectivity index (χ1) is 20.3. The quantitative estimate of drug-likeness (QED) is 0.169. The van der Waals surface area contributed by atoms with E-state index in [1.54, 1.807) is 0 Å². The van der Waals surface area contributed by atoms with Gasteiger partial charge in [-0.1, -0.05) is 12.1 Å². The summed E-state index contributed by atoms with van der Waals surface area (Å²) >= 11 is 0. The van der Waals surface area contributed by atoms with Crippen molar-refractivity contribution in [2.24, 2.45) is 0 Å². The summed E-state index contributed by atoms with van der Waals surface area (Å²) in [5.74, 6) is -0.0647. The normalized spacial score (nSPS) is 18.2. The van der Waals surface area contributed by atoms with Gasteiger partial charge in [0.05, 0.1) is 28.9 Å². The van der Waals surface area contributed by atoms with Crippen molar-refractivity contribution in [2.75, 3.05) is 21.3 Å². The van der Waals surface area contributed by atoms with Gasteiger partial charge in [-0.15, -0.1) is 0 Å². The molecule has 0 saturated carbocycles. The van der Waals surface area contributed by atoms with E-state index in [1.807, 2.05) is 49.3 Å². The highest BCUT2D eigenvalue weighted by Crippen LogP contribution is 2.45. The highest BCUT2D eigenvalue weighted by Gasteiger charge is 2.25. The third-order valence-electron chi connectivity index (χ3n) is 8.06. The van der Waals surface area contributed by atoms with Crippen LogP contribution < -0.4 is 21.3 Å². The molecule has 2 atom stereocenters. The topological polar surface area (TPSA) is 116 Å². The lowest BCUT2D eigenvalue weighted by Gasteiger charge is -2.21. The smallest absolute Gasteiger partial charge is 0.226 e. The number of fused-ring (bicyclic) bond motifs is 3. The molecule has 0 bridgehead atoms. The molecule has 9 heteroatoms. The maximum Gasteiger partial charge on any atom is 0.226 e. The first kappa shape index (κ1) is 25.9. The standard InChI is InChI=1S/C33H33N7O2/c1-4-40-17-24(16-35-40)26-12-23(15-29-33(26)37-19(3)10-31(42)39-29)22-11-25(21-6-5-20-7-8-34-27(20)13-21)32-28(14-22)38-30(41)9-18(2)36-32/h5-8,11-19,34,36-37H,4,9-10H2,1-3H3,(H,38,41)(H,39,42)/t18-,19-/m1/s1. The largest absolute Gasteiger partial charge is 0.380 e. The molecular weight excluding hydrogens is 526 g/mol. The summed E-state index contributed by atoms with van der Waals surface area (Å²) in [4.78, 5) is 29.0. The van der Waals surface area contributed by atoms with Gasteiger partial charge in [0.1, 0.15) is 0 Å². The first-order valence-electron chi connectivity index (χ1n) is 14.4. The van der Waals surface area contributed by atoms with Gasteiger partial charge in [-0.25, -0.2) is 0 Å². The molecule has 7 rings (SSSR count). The third-order valence-corrected chi connectivity index (χ3v) is 8.06. The summed E-state index contributed by atoms with van der Waals surface area (Å²) in [6.07, 6.45) is 6.57. The molecule has 2 amide bonds. The van der Waals surface area contributed by atoms with Crippen LogP contribution in [0, 0.1) is 0 Å². The number of carbonyl (C=O) groups excluding carboxylic acids is 2. The Kier molecular flexibility index (Phi) is 6.22. The summed E-state index contributed by atoms with van der Waals surface area (Å²) in [5, 5.41) is 19.1. The molecule has 0 saturated heterocycles. The molecule has 2 aromatic heterocycles. The molecule has 0 radical (unpaired) electrons. The number of nitrogens with one attached hydrogen (secondary N) is 5. The second kappa shape index (κ2) is 10.1. The first-order valence-corrected chi connectivity index (χ1v) is 14.4. The summed E-state index contributed by atoms with van der Waals surface area (Å²) in [6, 6.07) is 16.7. The van der Waals surface area contributed by atoms with Crippen LogP contribution in [0.1, 0.15) is 33.6 Å². The number of hydrogen-bond donors (Lipinski definition) is 5. The molecule has 42 heavy (non-hydrogen) atoms. The predicted octanol–water partition coefficient (Wildman–Crippen LogP) is 6.67. The molecule has 5 aromatic rings. The van der Waals surface area contributed by atoms with Gasteiger partial charge in [0.25, 0.3) is 0 Å². The molecule has 0 fully saturated rings. The molecule has 5 N–H and O–H groups in total. The zero-order valence-corrected chi connectivity index (χ0v) is 23.8. The van der Waals surface area contributed by atoms with E-state index < -0.39 is 0 Å². The van der Waals surface area contributed by atoms with Crippen LogP contribution in [0.25, 0.3) is 44.3 Å². The molecule has 0 spiro atoms. The van der Waals surface area contributed by atoms with Crippen LogP contribution in [0.15, 0.2) is 67.1 Å². The van der Waals surface area contributed by atoms with Gasteiger partial charge < -0.3 is 26.3 Å². The van der Waals surface area contributed by atoms with Gasteiger partial charge in [0.2, 0.25) is 11.8 Å². The molecule has 3 aromatic carbocycles.